The molecule has 0 saturated heterocycles. The Labute approximate surface area is 149 Å². The molecular formula is C18H23BrN2OS. The van der Waals surface area contributed by atoms with Gasteiger partial charge < -0.3 is 5.32 Å². The number of aryl methyl sites for hydroxylation is 2. The molecule has 4 bridgehead atoms. The van der Waals surface area contributed by atoms with Crippen LogP contribution in [-0.2, 0) is 17.6 Å². The van der Waals surface area contributed by atoms with E-state index < -0.39 is 0 Å². The van der Waals surface area contributed by atoms with Crippen LogP contribution in [0, 0.1) is 17.3 Å². The summed E-state index contributed by atoms with van der Waals surface area (Å²) >= 11 is 5.71. The SMILES string of the molecule is O=C(Nc1nc2c(s1)CCCC2)C12C[C@@H]3C[C@@H](CC(Br)(C3)C1)C2. The second-order valence-corrected chi connectivity index (χ2v) is 11.2. The summed E-state index contributed by atoms with van der Waals surface area (Å²) in [5.41, 5.74) is 1.10. The normalized spacial score (nSPS) is 40.9. The Morgan fingerprint density at radius 2 is 1.91 bits per heavy atom. The molecule has 3 nitrogen and oxygen atoms in total. The molecular weight excluding hydrogens is 372 g/mol. The zero-order chi connectivity index (χ0) is 15.7. The molecule has 5 aliphatic carbocycles. The molecule has 0 aromatic carbocycles. The van der Waals surface area contributed by atoms with Gasteiger partial charge in [0.2, 0.25) is 5.91 Å². The van der Waals surface area contributed by atoms with Gasteiger partial charge in [-0.05, 0) is 76.0 Å². The average molecular weight is 395 g/mol. The van der Waals surface area contributed by atoms with Crippen LogP contribution in [0.4, 0.5) is 5.13 Å². The van der Waals surface area contributed by atoms with E-state index in [0.29, 0.717) is 0 Å². The lowest BCUT2D eigenvalue weighted by molar-refractivity contribution is -0.138. The topological polar surface area (TPSA) is 42.0 Å². The fourth-order valence-electron chi connectivity index (χ4n) is 6.05. The summed E-state index contributed by atoms with van der Waals surface area (Å²) in [4.78, 5) is 19.3. The Morgan fingerprint density at radius 1 is 1.17 bits per heavy atom. The van der Waals surface area contributed by atoms with E-state index in [1.54, 1.807) is 11.3 Å². The Balaban J connectivity index is 1.39. The minimum atomic E-state index is -0.139. The summed E-state index contributed by atoms with van der Waals surface area (Å²) in [7, 11) is 0. The van der Waals surface area contributed by atoms with Crippen LogP contribution in [0.15, 0.2) is 0 Å². The Kier molecular flexibility index (Phi) is 3.26. The summed E-state index contributed by atoms with van der Waals surface area (Å²) in [5, 5.41) is 4.07. The number of aromatic nitrogens is 1. The van der Waals surface area contributed by atoms with Gasteiger partial charge >= 0.3 is 0 Å². The van der Waals surface area contributed by atoms with Gasteiger partial charge in [0.1, 0.15) is 0 Å². The van der Waals surface area contributed by atoms with E-state index in [1.165, 1.54) is 42.7 Å². The largest absolute Gasteiger partial charge is 0.301 e. The predicted octanol–water partition coefficient (Wildman–Crippen LogP) is 4.69. The van der Waals surface area contributed by atoms with Crippen molar-refractivity contribution in [3.8, 4) is 0 Å². The lowest BCUT2D eigenvalue weighted by Crippen LogP contribution is -2.57. The van der Waals surface area contributed by atoms with Gasteiger partial charge in [0.25, 0.3) is 0 Å². The number of nitrogens with zero attached hydrogens (tertiary/aromatic N) is 1. The number of anilines is 1. The number of alkyl halides is 1. The van der Waals surface area contributed by atoms with Crippen LogP contribution in [0.5, 0.6) is 0 Å². The molecule has 2 unspecified atom stereocenters. The molecule has 6 rings (SSSR count). The minimum Gasteiger partial charge on any atom is -0.301 e. The summed E-state index contributed by atoms with van der Waals surface area (Å²) < 4.78 is 0.233. The monoisotopic (exact) mass is 394 g/mol. The lowest BCUT2D eigenvalue weighted by Gasteiger charge is -2.59. The zero-order valence-corrected chi connectivity index (χ0v) is 15.8. The molecule has 1 N–H and O–H groups in total. The van der Waals surface area contributed by atoms with Gasteiger partial charge in [-0.15, -0.1) is 11.3 Å². The third kappa shape index (κ3) is 2.41. The standard InChI is InChI=1S/C18H23BrN2OS/c19-18-8-11-5-12(9-18)7-17(6-11,10-18)15(22)21-16-20-13-3-1-2-4-14(13)23-16/h11-12H,1-10H2,(H,20,21,22)/t11-,12+,17?,18?. The lowest BCUT2D eigenvalue weighted by atomic mass is 9.49. The zero-order valence-electron chi connectivity index (χ0n) is 13.4. The van der Waals surface area contributed by atoms with E-state index in [1.807, 2.05) is 0 Å². The quantitative estimate of drug-likeness (QED) is 0.738. The number of carbonyl (C=O) groups is 1. The summed E-state index contributed by atoms with van der Waals surface area (Å²) in [6.45, 7) is 0. The molecule has 124 valence electrons. The molecule has 0 aliphatic heterocycles. The molecule has 1 heterocycles. The second kappa shape index (κ2) is 5.04. The first-order valence-corrected chi connectivity index (χ1v) is 10.6. The fraction of sp³-hybridized carbons (Fsp3) is 0.778. The first-order chi connectivity index (χ1) is 11.0. The first-order valence-electron chi connectivity index (χ1n) is 9.03. The van der Waals surface area contributed by atoms with Crippen molar-refractivity contribution in [2.45, 2.75) is 68.5 Å². The molecule has 4 fully saturated rings. The summed E-state index contributed by atoms with van der Waals surface area (Å²) in [6, 6.07) is 0. The smallest absolute Gasteiger partial charge is 0.232 e. The molecule has 1 aromatic heterocycles. The van der Waals surface area contributed by atoms with Gasteiger partial charge in [-0.3, -0.25) is 4.79 Å². The van der Waals surface area contributed by atoms with Crippen molar-refractivity contribution in [2.75, 3.05) is 5.32 Å². The number of rotatable bonds is 2. The highest BCUT2D eigenvalue weighted by molar-refractivity contribution is 9.10. The second-order valence-electron chi connectivity index (χ2n) is 8.44. The highest BCUT2D eigenvalue weighted by Crippen LogP contribution is 2.64. The van der Waals surface area contributed by atoms with Crippen LogP contribution in [0.1, 0.15) is 61.9 Å². The molecule has 0 radical (unpaired) electrons. The van der Waals surface area contributed by atoms with Gasteiger partial charge in [-0.2, -0.15) is 0 Å². The van der Waals surface area contributed by atoms with Gasteiger partial charge in [0.15, 0.2) is 5.13 Å². The van der Waals surface area contributed by atoms with Crippen molar-refractivity contribution in [1.29, 1.82) is 0 Å². The maximum absolute atomic E-state index is 13.2. The molecule has 4 saturated carbocycles. The molecule has 1 aromatic rings. The van der Waals surface area contributed by atoms with E-state index in [9.17, 15) is 4.79 Å². The fourth-order valence-corrected chi connectivity index (χ4v) is 8.55. The van der Waals surface area contributed by atoms with Crippen LogP contribution >= 0.6 is 27.3 Å². The minimum absolute atomic E-state index is 0.139. The molecule has 0 spiro atoms. The number of amides is 1. The number of nitrogens with one attached hydrogen (secondary N) is 1. The van der Waals surface area contributed by atoms with E-state index in [-0.39, 0.29) is 15.6 Å². The third-order valence-electron chi connectivity index (χ3n) is 6.54. The van der Waals surface area contributed by atoms with E-state index in [2.05, 4.69) is 21.2 Å². The average Bonchev–Trinajstić information content (AvgIpc) is 2.86. The highest BCUT2D eigenvalue weighted by Gasteiger charge is 2.59. The van der Waals surface area contributed by atoms with Gasteiger partial charge in [0, 0.05) is 9.20 Å². The predicted molar refractivity (Wildman–Crippen MR) is 96.2 cm³/mol. The van der Waals surface area contributed by atoms with Crippen LogP contribution in [0.3, 0.4) is 0 Å². The Bertz CT molecular complexity index is 632. The van der Waals surface area contributed by atoms with Crippen LogP contribution in [-0.4, -0.2) is 15.2 Å². The van der Waals surface area contributed by atoms with Crippen LogP contribution in [0.2, 0.25) is 0 Å². The van der Waals surface area contributed by atoms with Gasteiger partial charge in [-0.1, -0.05) is 15.9 Å². The molecule has 5 aliphatic rings. The first kappa shape index (κ1) is 14.9. The van der Waals surface area contributed by atoms with Crippen molar-refractivity contribution in [1.82, 2.24) is 4.98 Å². The van der Waals surface area contributed by atoms with Crippen LogP contribution < -0.4 is 5.32 Å². The number of hydrogen-bond acceptors (Lipinski definition) is 3. The molecule has 23 heavy (non-hydrogen) atoms. The number of carbonyl (C=O) groups excluding carboxylic acids is 1. The van der Waals surface area contributed by atoms with Crippen molar-refractivity contribution in [2.24, 2.45) is 17.3 Å². The molecule has 1 amide bonds. The van der Waals surface area contributed by atoms with E-state index >= 15 is 0 Å². The molecule has 4 atom stereocenters. The van der Waals surface area contributed by atoms with Crippen LogP contribution in [0.25, 0.3) is 0 Å². The highest BCUT2D eigenvalue weighted by atomic mass is 79.9. The Morgan fingerprint density at radius 3 is 2.61 bits per heavy atom. The maximum atomic E-state index is 13.2. The van der Waals surface area contributed by atoms with Crippen molar-refractivity contribution >= 4 is 38.3 Å². The number of halogens is 1. The number of fused-ring (bicyclic) bond motifs is 1. The van der Waals surface area contributed by atoms with Crippen molar-refractivity contribution < 1.29 is 4.79 Å². The third-order valence-corrected chi connectivity index (χ3v) is 8.54. The van der Waals surface area contributed by atoms with E-state index in [4.69, 9.17) is 4.98 Å². The van der Waals surface area contributed by atoms with Gasteiger partial charge in [0.05, 0.1) is 11.1 Å². The maximum Gasteiger partial charge on any atom is 0.232 e. The van der Waals surface area contributed by atoms with Crippen molar-refractivity contribution in [3.63, 3.8) is 0 Å². The summed E-state index contributed by atoms with van der Waals surface area (Å²) in [5.74, 6) is 1.73. The van der Waals surface area contributed by atoms with Gasteiger partial charge in [-0.25, -0.2) is 4.98 Å². The Hall–Kier alpha value is -0.420. The summed E-state index contributed by atoms with van der Waals surface area (Å²) in [6.07, 6.45) is 11.8. The van der Waals surface area contributed by atoms with E-state index in [0.717, 1.165) is 49.1 Å². The number of thiazole rings is 1. The number of hydrogen-bond donors (Lipinski definition) is 1. The van der Waals surface area contributed by atoms with Crippen molar-refractivity contribution in [3.05, 3.63) is 10.6 Å². The molecule has 5 heteroatoms.